The summed E-state index contributed by atoms with van der Waals surface area (Å²) in [6.45, 7) is 2.71. The van der Waals surface area contributed by atoms with E-state index in [1.54, 1.807) is 17.1 Å². The molecular formula is C11H10F2N2. The standard InChI is InChI=1S/C11H10F2N2/c1-2-15-7-9(6-14-15)8-3-4-10(12)11(13)5-8/h3-7H,2H2,1H3. The first-order chi connectivity index (χ1) is 7.20. The molecule has 4 heteroatoms. The quantitative estimate of drug-likeness (QED) is 0.742. The maximum Gasteiger partial charge on any atom is 0.159 e. The lowest BCUT2D eigenvalue weighted by atomic mass is 10.1. The zero-order chi connectivity index (χ0) is 10.8. The molecule has 1 aromatic heterocycles. The third-order valence-electron chi connectivity index (χ3n) is 2.21. The van der Waals surface area contributed by atoms with Crippen LogP contribution in [0.1, 0.15) is 6.92 Å². The van der Waals surface area contributed by atoms with Crippen molar-refractivity contribution < 1.29 is 8.78 Å². The van der Waals surface area contributed by atoms with Crippen LogP contribution in [0.3, 0.4) is 0 Å². The second-order valence-electron chi connectivity index (χ2n) is 3.21. The molecule has 15 heavy (non-hydrogen) atoms. The Hall–Kier alpha value is -1.71. The van der Waals surface area contributed by atoms with Gasteiger partial charge in [0, 0.05) is 18.3 Å². The summed E-state index contributed by atoms with van der Waals surface area (Å²) in [6.07, 6.45) is 3.43. The normalized spacial score (nSPS) is 10.6. The second kappa shape index (κ2) is 3.81. The molecule has 0 fully saturated rings. The molecule has 2 nitrogen and oxygen atoms in total. The predicted molar refractivity (Wildman–Crippen MR) is 53.3 cm³/mol. The van der Waals surface area contributed by atoms with E-state index in [-0.39, 0.29) is 0 Å². The lowest BCUT2D eigenvalue weighted by molar-refractivity contribution is 0.509. The van der Waals surface area contributed by atoms with E-state index in [1.165, 1.54) is 12.1 Å². The Bertz CT molecular complexity index is 477. The van der Waals surface area contributed by atoms with E-state index in [0.29, 0.717) is 5.56 Å². The van der Waals surface area contributed by atoms with Gasteiger partial charge >= 0.3 is 0 Å². The molecule has 0 atom stereocenters. The minimum absolute atomic E-state index is 0.633. The van der Waals surface area contributed by atoms with Crippen molar-refractivity contribution in [2.75, 3.05) is 0 Å². The highest BCUT2D eigenvalue weighted by Crippen LogP contribution is 2.20. The molecule has 0 radical (unpaired) electrons. The van der Waals surface area contributed by atoms with Gasteiger partial charge in [-0.05, 0) is 24.6 Å². The number of halogens is 2. The molecule has 0 saturated heterocycles. The highest BCUT2D eigenvalue weighted by molar-refractivity contribution is 5.61. The monoisotopic (exact) mass is 208 g/mol. The van der Waals surface area contributed by atoms with Crippen molar-refractivity contribution in [1.29, 1.82) is 0 Å². The Labute approximate surface area is 86.2 Å². The number of hydrogen-bond acceptors (Lipinski definition) is 1. The van der Waals surface area contributed by atoms with Crippen molar-refractivity contribution in [3.8, 4) is 11.1 Å². The molecule has 0 unspecified atom stereocenters. The average molecular weight is 208 g/mol. The van der Waals surface area contributed by atoms with E-state index in [1.807, 2.05) is 6.92 Å². The van der Waals surface area contributed by atoms with Gasteiger partial charge in [-0.1, -0.05) is 6.07 Å². The number of nitrogens with zero attached hydrogens (tertiary/aromatic N) is 2. The van der Waals surface area contributed by atoms with Gasteiger partial charge in [0.1, 0.15) is 0 Å². The van der Waals surface area contributed by atoms with Gasteiger partial charge in [-0.15, -0.1) is 0 Å². The van der Waals surface area contributed by atoms with Crippen LogP contribution in [-0.4, -0.2) is 9.78 Å². The van der Waals surface area contributed by atoms with Crippen LogP contribution < -0.4 is 0 Å². The first-order valence-corrected chi connectivity index (χ1v) is 4.68. The van der Waals surface area contributed by atoms with E-state index in [0.717, 1.165) is 18.2 Å². The Balaban J connectivity index is 2.40. The summed E-state index contributed by atoms with van der Waals surface area (Å²) in [6, 6.07) is 3.83. The number of aromatic nitrogens is 2. The SMILES string of the molecule is CCn1cc(-c2ccc(F)c(F)c2)cn1. The third kappa shape index (κ3) is 1.88. The van der Waals surface area contributed by atoms with Crippen LogP contribution in [0.4, 0.5) is 8.78 Å². The van der Waals surface area contributed by atoms with Gasteiger partial charge in [-0.3, -0.25) is 4.68 Å². The fourth-order valence-corrected chi connectivity index (χ4v) is 1.36. The van der Waals surface area contributed by atoms with E-state index < -0.39 is 11.6 Å². The predicted octanol–water partition coefficient (Wildman–Crippen LogP) is 2.85. The maximum atomic E-state index is 13.0. The molecule has 0 N–H and O–H groups in total. The summed E-state index contributed by atoms with van der Waals surface area (Å²) < 4.78 is 27.4. The molecule has 2 rings (SSSR count). The number of aryl methyl sites for hydroxylation is 1. The lowest BCUT2D eigenvalue weighted by Gasteiger charge is -1.98. The number of rotatable bonds is 2. The molecule has 0 aliphatic carbocycles. The van der Waals surface area contributed by atoms with Crippen LogP contribution in [0.5, 0.6) is 0 Å². The van der Waals surface area contributed by atoms with E-state index >= 15 is 0 Å². The minimum atomic E-state index is -0.836. The first-order valence-electron chi connectivity index (χ1n) is 4.68. The average Bonchev–Trinajstić information content (AvgIpc) is 2.70. The molecule has 0 bridgehead atoms. The summed E-state index contributed by atoms with van der Waals surface area (Å²) >= 11 is 0. The van der Waals surface area contributed by atoms with Crippen molar-refractivity contribution in [3.05, 3.63) is 42.2 Å². The van der Waals surface area contributed by atoms with E-state index in [9.17, 15) is 8.78 Å². The summed E-state index contributed by atoms with van der Waals surface area (Å²) in [5.41, 5.74) is 1.42. The number of benzene rings is 1. The Morgan fingerprint density at radius 1 is 1.20 bits per heavy atom. The third-order valence-corrected chi connectivity index (χ3v) is 2.21. The van der Waals surface area contributed by atoms with Gasteiger partial charge in [0.05, 0.1) is 6.20 Å². The summed E-state index contributed by atoms with van der Waals surface area (Å²) in [5.74, 6) is -1.67. The summed E-state index contributed by atoms with van der Waals surface area (Å²) in [7, 11) is 0. The highest BCUT2D eigenvalue weighted by Gasteiger charge is 2.05. The lowest BCUT2D eigenvalue weighted by Crippen LogP contribution is -1.92. The zero-order valence-corrected chi connectivity index (χ0v) is 8.24. The molecular weight excluding hydrogens is 198 g/mol. The fraction of sp³-hybridized carbons (Fsp3) is 0.182. The van der Waals surface area contributed by atoms with Crippen molar-refractivity contribution >= 4 is 0 Å². The Morgan fingerprint density at radius 2 is 2.00 bits per heavy atom. The van der Waals surface area contributed by atoms with Crippen LogP contribution in [0.2, 0.25) is 0 Å². The van der Waals surface area contributed by atoms with Gasteiger partial charge in [0.2, 0.25) is 0 Å². The fourth-order valence-electron chi connectivity index (χ4n) is 1.36. The molecule has 2 aromatic rings. The topological polar surface area (TPSA) is 17.8 Å². The van der Waals surface area contributed by atoms with E-state index in [4.69, 9.17) is 0 Å². The summed E-state index contributed by atoms with van der Waals surface area (Å²) in [5, 5.41) is 4.06. The summed E-state index contributed by atoms with van der Waals surface area (Å²) in [4.78, 5) is 0. The second-order valence-corrected chi connectivity index (χ2v) is 3.21. The van der Waals surface area contributed by atoms with Crippen LogP contribution in [0, 0.1) is 11.6 Å². The van der Waals surface area contributed by atoms with Crippen LogP contribution >= 0.6 is 0 Å². The van der Waals surface area contributed by atoms with Gasteiger partial charge in [0.25, 0.3) is 0 Å². The Morgan fingerprint density at radius 3 is 2.60 bits per heavy atom. The minimum Gasteiger partial charge on any atom is -0.272 e. The zero-order valence-electron chi connectivity index (χ0n) is 8.24. The van der Waals surface area contributed by atoms with Crippen molar-refractivity contribution in [2.45, 2.75) is 13.5 Å². The van der Waals surface area contributed by atoms with Crippen LogP contribution in [-0.2, 0) is 6.54 Å². The molecule has 0 amide bonds. The first kappa shape index (κ1) is 9.83. The highest BCUT2D eigenvalue weighted by atomic mass is 19.2. The van der Waals surface area contributed by atoms with Gasteiger partial charge < -0.3 is 0 Å². The molecule has 1 heterocycles. The smallest absolute Gasteiger partial charge is 0.159 e. The van der Waals surface area contributed by atoms with Crippen molar-refractivity contribution in [3.63, 3.8) is 0 Å². The molecule has 78 valence electrons. The van der Waals surface area contributed by atoms with Crippen LogP contribution in [0.15, 0.2) is 30.6 Å². The van der Waals surface area contributed by atoms with Crippen LogP contribution in [0.25, 0.3) is 11.1 Å². The molecule has 0 spiro atoms. The molecule has 1 aromatic carbocycles. The van der Waals surface area contributed by atoms with E-state index in [2.05, 4.69) is 5.10 Å². The van der Waals surface area contributed by atoms with Gasteiger partial charge in [-0.2, -0.15) is 5.10 Å². The van der Waals surface area contributed by atoms with Crippen molar-refractivity contribution in [1.82, 2.24) is 9.78 Å². The van der Waals surface area contributed by atoms with Gasteiger partial charge in [-0.25, -0.2) is 8.78 Å². The molecule has 0 aliphatic rings. The maximum absolute atomic E-state index is 13.0. The molecule has 0 aliphatic heterocycles. The largest absolute Gasteiger partial charge is 0.272 e. The van der Waals surface area contributed by atoms with Gasteiger partial charge in [0.15, 0.2) is 11.6 Å². The van der Waals surface area contributed by atoms with Crippen molar-refractivity contribution in [2.24, 2.45) is 0 Å². The molecule has 0 saturated carbocycles. The Kier molecular flexibility index (Phi) is 2.49. The number of hydrogen-bond donors (Lipinski definition) is 0.